The summed E-state index contributed by atoms with van der Waals surface area (Å²) >= 11 is 0. The lowest BCUT2D eigenvalue weighted by Crippen LogP contribution is -2.58. The molecule has 1 heterocycles. The van der Waals surface area contributed by atoms with Crippen LogP contribution in [-0.2, 0) is 9.59 Å². The van der Waals surface area contributed by atoms with E-state index in [2.05, 4.69) is 5.32 Å². The topological polar surface area (TPSA) is 84.7 Å². The Morgan fingerprint density at radius 2 is 1.81 bits per heavy atom. The molecule has 3 rings (SSSR count). The van der Waals surface area contributed by atoms with Gasteiger partial charge in [0.05, 0.1) is 18.3 Å². The van der Waals surface area contributed by atoms with Crippen LogP contribution in [0.1, 0.15) is 44.9 Å². The van der Waals surface area contributed by atoms with Gasteiger partial charge in [0.2, 0.25) is 11.8 Å². The number of hydrogen-bond donors (Lipinski definition) is 2. The third kappa shape index (κ3) is 4.01. The highest BCUT2D eigenvalue weighted by molar-refractivity contribution is 5.94. The Morgan fingerprint density at radius 1 is 1.15 bits per heavy atom. The van der Waals surface area contributed by atoms with Gasteiger partial charge in [0.15, 0.2) is 0 Å². The quantitative estimate of drug-likeness (QED) is 0.865. The fraction of sp³-hybridized carbons (Fsp3) is 0.600. The second-order valence-corrected chi connectivity index (χ2v) is 7.47. The lowest BCUT2D eigenvalue weighted by Gasteiger charge is -2.39. The zero-order valence-corrected chi connectivity index (χ0v) is 15.5. The molecule has 6 nitrogen and oxygen atoms in total. The summed E-state index contributed by atoms with van der Waals surface area (Å²) in [6.45, 7) is 1.20. The first-order valence-corrected chi connectivity index (χ1v) is 9.55. The van der Waals surface area contributed by atoms with Crippen LogP contribution in [0.4, 0.5) is 5.69 Å². The van der Waals surface area contributed by atoms with Crippen molar-refractivity contribution in [3.8, 4) is 5.75 Å². The number of likely N-dealkylation sites (tertiary alicyclic amines) is 1. The summed E-state index contributed by atoms with van der Waals surface area (Å²) in [6, 6.07) is 7.38. The molecule has 2 amide bonds. The highest BCUT2D eigenvalue weighted by atomic mass is 16.5. The van der Waals surface area contributed by atoms with Crippen LogP contribution in [0.25, 0.3) is 0 Å². The van der Waals surface area contributed by atoms with E-state index in [1.165, 1.54) is 0 Å². The number of para-hydroxylation sites is 2. The summed E-state index contributed by atoms with van der Waals surface area (Å²) in [7, 11) is 1.59. The molecule has 0 spiro atoms. The van der Waals surface area contributed by atoms with Gasteiger partial charge in [-0.25, -0.2) is 0 Å². The Kier molecular flexibility index (Phi) is 5.81. The zero-order chi connectivity index (χ0) is 18.6. The minimum absolute atomic E-state index is 0.0123. The largest absolute Gasteiger partial charge is 0.495 e. The maximum atomic E-state index is 12.8. The summed E-state index contributed by atoms with van der Waals surface area (Å²) in [5, 5.41) is 2.95. The minimum atomic E-state index is -0.690. The number of ether oxygens (including phenoxy) is 1. The van der Waals surface area contributed by atoms with Crippen molar-refractivity contribution in [2.75, 3.05) is 25.5 Å². The van der Waals surface area contributed by atoms with Gasteiger partial charge < -0.3 is 20.7 Å². The van der Waals surface area contributed by atoms with Crippen molar-refractivity contribution in [2.45, 2.75) is 50.5 Å². The summed E-state index contributed by atoms with van der Waals surface area (Å²) < 4.78 is 5.28. The van der Waals surface area contributed by atoms with E-state index in [0.717, 1.165) is 32.1 Å². The Bertz CT molecular complexity index is 647. The maximum absolute atomic E-state index is 12.8. The molecule has 2 aliphatic rings. The normalized spacial score (nSPS) is 20.5. The van der Waals surface area contributed by atoms with Crippen molar-refractivity contribution in [3.05, 3.63) is 24.3 Å². The molecule has 3 N–H and O–H groups in total. The monoisotopic (exact) mass is 359 g/mol. The van der Waals surface area contributed by atoms with Gasteiger partial charge in [-0.3, -0.25) is 9.59 Å². The van der Waals surface area contributed by atoms with Crippen molar-refractivity contribution in [2.24, 2.45) is 11.7 Å². The molecule has 1 saturated carbocycles. The average molecular weight is 359 g/mol. The van der Waals surface area contributed by atoms with Crippen LogP contribution < -0.4 is 15.8 Å². The van der Waals surface area contributed by atoms with E-state index < -0.39 is 5.54 Å². The Balaban J connectivity index is 1.54. The van der Waals surface area contributed by atoms with Gasteiger partial charge in [0.1, 0.15) is 5.75 Å². The number of carbonyl (C=O) groups is 2. The number of nitrogens with two attached hydrogens (primary N) is 1. The number of methoxy groups -OCH3 is 1. The number of piperidine rings is 1. The van der Waals surface area contributed by atoms with Gasteiger partial charge in [-0.1, -0.05) is 31.4 Å². The molecule has 1 aromatic carbocycles. The van der Waals surface area contributed by atoms with Crippen LogP contribution in [0.5, 0.6) is 5.75 Å². The number of amides is 2. The molecular weight excluding hydrogens is 330 g/mol. The van der Waals surface area contributed by atoms with Crippen LogP contribution in [-0.4, -0.2) is 42.5 Å². The van der Waals surface area contributed by atoms with Gasteiger partial charge in [0.25, 0.3) is 0 Å². The second-order valence-electron chi connectivity index (χ2n) is 7.47. The van der Waals surface area contributed by atoms with E-state index >= 15 is 0 Å². The maximum Gasteiger partial charge on any atom is 0.242 e. The van der Waals surface area contributed by atoms with E-state index in [9.17, 15) is 9.59 Å². The molecule has 0 bridgehead atoms. The number of carbonyl (C=O) groups excluding carboxylic acids is 2. The predicted molar refractivity (Wildman–Crippen MR) is 101 cm³/mol. The van der Waals surface area contributed by atoms with Crippen LogP contribution in [0.2, 0.25) is 0 Å². The lowest BCUT2D eigenvalue weighted by molar-refractivity contribution is -0.140. The van der Waals surface area contributed by atoms with E-state index in [4.69, 9.17) is 10.5 Å². The van der Waals surface area contributed by atoms with Crippen molar-refractivity contribution in [3.63, 3.8) is 0 Å². The fourth-order valence-electron chi connectivity index (χ4n) is 4.04. The smallest absolute Gasteiger partial charge is 0.242 e. The van der Waals surface area contributed by atoms with Crippen LogP contribution in [0.15, 0.2) is 24.3 Å². The van der Waals surface area contributed by atoms with Crippen LogP contribution >= 0.6 is 0 Å². The molecule has 1 saturated heterocycles. The van der Waals surface area contributed by atoms with Gasteiger partial charge in [-0.2, -0.15) is 0 Å². The van der Waals surface area contributed by atoms with Gasteiger partial charge in [-0.15, -0.1) is 0 Å². The highest BCUT2D eigenvalue weighted by Gasteiger charge is 2.40. The summed E-state index contributed by atoms with van der Waals surface area (Å²) in [6.07, 6.45) is 6.11. The van der Waals surface area contributed by atoms with Crippen LogP contribution in [0.3, 0.4) is 0 Å². The molecule has 1 aromatic rings. The van der Waals surface area contributed by atoms with E-state index in [-0.39, 0.29) is 17.7 Å². The minimum Gasteiger partial charge on any atom is -0.495 e. The number of nitrogens with one attached hydrogen (secondary N) is 1. The van der Waals surface area contributed by atoms with Crippen LogP contribution in [0, 0.1) is 5.92 Å². The molecule has 0 unspecified atom stereocenters. The van der Waals surface area contributed by atoms with Crippen molar-refractivity contribution >= 4 is 17.5 Å². The van der Waals surface area contributed by atoms with Crippen molar-refractivity contribution in [1.82, 2.24) is 4.90 Å². The molecule has 26 heavy (non-hydrogen) atoms. The number of hydrogen-bond acceptors (Lipinski definition) is 4. The zero-order valence-electron chi connectivity index (χ0n) is 15.5. The summed E-state index contributed by atoms with van der Waals surface area (Å²) in [4.78, 5) is 27.3. The van der Waals surface area contributed by atoms with E-state index in [1.807, 2.05) is 29.2 Å². The van der Waals surface area contributed by atoms with Gasteiger partial charge >= 0.3 is 0 Å². The Morgan fingerprint density at radius 3 is 2.46 bits per heavy atom. The number of anilines is 1. The Hall–Kier alpha value is -2.08. The molecule has 142 valence electrons. The van der Waals surface area contributed by atoms with Crippen molar-refractivity contribution in [1.29, 1.82) is 0 Å². The Labute approximate surface area is 155 Å². The average Bonchev–Trinajstić information content (AvgIpc) is 2.68. The fourth-order valence-corrected chi connectivity index (χ4v) is 4.04. The van der Waals surface area contributed by atoms with Gasteiger partial charge in [-0.05, 0) is 37.8 Å². The molecule has 1 aliphatic carbocycles. The summed E-state index contributed by atoms with van der Waals surface area (Å²) in [5.41, 5.74) is 6.37. The highest BCUT2D eigenvalue weighted by Crippen LogP contribution is 2.30. The first-order valence-electron chi connectivity index (χ1n) is 9.55. The predicted octanol–water partition coefficient (Wildman–Crippen LogP) is 2.53. The first kappa shape index (κ1) is 18.7. The molecule has 6 heteroatoms. The molecular formula is C20H29N3O3. The molecule has 2 fully saturated rings. The molecule has 1 aliphatic heterocycles. The number of nitrogens with zero attached hydrogens (tertiary/aromatic N) is 1. The first-order chi connectivity index (χ1) is 12.5. The van der Waals surface area contributed by atoms with Crippen molar-refractivity contribution < 1.29 is 14.3 Å². The SMILES string of the molecule is COc1ccccc1NC(=O)C1CCN(C(=O)C2(N)CCCCC2)CC1. The molecule has 0 atom stereocenters. The number of benzene rings is 1. The number of rotatable bonds is 4. The summed E-state index contributed by atoms with van der Waals surface area (Å²) in [5.74, 6) is 0.613. The standard InChI is InChI=1S/C20H29N3O3/c1-26-17-8-4-3-7-16(17)22-18(24)15-9-13-23(14-10-15)19(25)20(21)11-5-2-6-12-20/h3-4,7-8,15H,2,5-6,9-14,21H2,1H3,(H,22,24). The van der Waals surface area contributed by atoms with Gasteiger partial charge in [0, 0.05) is 19.0 Å². The van der Waals surface area contributed by atoms with E-state index in [1.54, 1.807) is 7.11 Å². The molecule has 0 aromatic heterocycles. The molecule has 0 radical (unpaired) electrons. The second kappa shape index (κ2) is 8.08. The third-order valence-corrected chi connectivity index (χ3v) is 5.69. The van der Waals surface area contributed by atoms with E-state index in [0.29, 0.717) is 37.4 Å². The lowest BCUT2D eigenvalue weighted by atomic mass is 9.81. The third-order valence-electron chi connectivity index (χ3n) is 5.69.